The van der Waals surface area contributed by atoms with Crippen LogP contribution in [0.4, 0.5) is 20.7 Å². The van der Waals surface area contributed by atoms with Crippen LogP contribution in [0.1, 0.15) is 12.0 Å². The van der Waals surface area contributed by atoms with Crippen LogP contribution in [0.2, 0.25) is 5.02 Å². The zero-order valence-electron chi connectivity index (χ0n) is 18.8. The van der Waals surface area contributed by atoms with Crippen LogP contribution in [0.5, 0.6) is 0 Å². The molecule has 2 atom stereocenters. The van der Waals surface area contributed by atoms with Gasteiger partial charge in [0.1, 0.15) is 0 Å². The molecule has 0 radical (unpaired) electrons. The summed E-state index contributed by atoms with van der Waals surface area (Å²) >= 11 is 6.55. The van der Waals surface area contributed by atoms with Crippen molar-refractivity contribution in [3.63, 3.8) is 0 Å². The number of hydrogen-bond acceptors (Lipinski definition) is 5. The van der Waals surface area contributed by atoms with E-state index in [9.17, 15) is 13.4 Å². The second-order valence-corrected chi connectivity index (χ2v) is 11.4. The summed E-state index contributed by atoms with van der Waals surface area (Å²) in [4.78, 5) is 19.1. The SMILES string of the molecule is C=S(C)(=O)Nc1ccn(C(=O)N2CCN(Cc3cccc(Cl)c3N3CC[C@H](CF)C3)CC2)n1. The van der Waals surface area contributed by atoms with Crippen LogP contribution < -0.4 is 9.62 Å². The largest absolute Gasteiger partial charge is 0.370 e. The molecule has 1 N–H and O–H groups in total. The molecular weight excluding hydrogens is 467 g/mol. The van der Waals surface area contributed by atoms with Gasteiger partial charge in [0.25, 0.3) is 0 Å². The summed E-state index contributed by atoms with van der Waals surface area (Å²) in [7, 11) is -2.46. The van der Waals surface area contributed by atoms with Gasteiger partial charge in [0.15, 0.2) is 5.82 Å². The Morgan fingerprint density at radius 3 is 2.70 bits per heavy atom. The van der Waals surface area contributed by atoms with Crippen LogP contribution in [0, 0.1) is 5.92 Å². The quantitative estimate of drug-likeness (QED) is 0.622. The van der Waals surface area contributed by atoms with E-state index in [-0.39, 0.29) is 18.6 Å². The van der Waals surface area contributed by atoms with Crippen molar-refractivity contribution in [2.45, 2.75) is 13.0 Å². The summed E-state index contributed by atoms with van der Waals surface area (Å²) < 4.78 is 28.9. The number of hydrogen-bond donors (Lipinski definition) is 1. The number of benzene rings is 1. The lowest BCUT2D eigenvalue weighted by molar-refractivity contribution is 0.134. The number of amides is 1. The van der Waals surface area contributed by atoms with E-state index in [2.05, 4.69) is 31.6 Å². The lowest BCUT2D eigenvalue weighted by atomic mass is 10.1. The monoisotopic (exact) mass is 496 g/mol. The van der Waals surface area contributed by atoms with E-state index in [1.165, 1.54) is 10.9 Å². The van der Waals surface area contributed by atoms with Crippen LogP contribution in [0.3, 0.4) is 0 Å². The number of para-hydroxylation sites is 1. The first-order valence-corrected chi connectivity index (χ1v) is 13.5. The first kappa shape index (κ1) is 23.8. The molecule has 0 aliphatic carbocycles. The van der Waals surface area contributed by atoms with Gasteiger partial charge in [-0.15, -0.1) is 5.10 Å². The van der Waals surface area contributed by atoms with Gasteiger partial charge in [0, 0.05) is 80.0 Å². The number of nitrogens with one attached hydrogen (secondary N) is 1. The number of anilines is 2. The van der Waals surface area contributed by atoms with Gasteiger partial charge >= 0.3 is 6.03 Å². The van der Waals surface area contributed by atoms with E-state index < -0.39 is 9.71 Å². The van der Waals surface area contributed by atoms with Crippen molar-refractivity contribution in [1.82, 2.24) is 19.6 Å². The van der Waals surface area contributed by atoms with E-state index >= 15 is 0 Å². The standard InChI is InChI=1S/C22H30ClFN6O2S/c1-33(2,32)26-20-7-9-30(25-20)22(31)28-12-10-27(11-13-28)16-18-4-3-5-19(23)21(18)29-8-6-17(14-24)15-29/h3-5,7,9,17H,1,6,8,10-16H2,2H3,(H,25,26,32)/t17-,33?/m1/s1. The molecular formula is C22H30ClFN6O2S. The highest BCUT2D eigenvalue weighted by molar-refractivity contribution is 8.00. The Morgan fingerprint density at radius 1 is 1.27 bits per heavy atom. The molecule has 0 spiro atoms. The van der Waals surface area contributed by atoms with E-state index in [1.807, 2.05) is 12.1 Å². The molecule has 180 valence electrons. The topological polar surface area (TPSA) is 73.7 Å². The Morgan fingerprint density at radius 2 is 2.03 bits per heavy atom. The molecule has 8 nitrogen and oxygen atoms in total. The zero-order valence-corrected chi connectivity index (χ0v) is 20.3. The van der Waals surface area contributed by atoms with Crippen LogP contribution in [0.15, 0.2) is 30.5 Å². The van der Waals surface area contributed by atoms with Crippen molar-refractivity contribution in [3.8, 4) is 0 Å². The molecule has 4 rings (SSSR count). The summed E-state index contributed by atoms with van der Waals surface area (Å²) in [5.41, 5.74) is 2.13. The number of rotatable bonds is 6. The number of halogens is 2. The predicted octanol–water partition coefficient (Wildman–Crippen LogP) is 2.79. The maximum absolute atomic E-state index is 13.1. The second-order valence-electron chi connectivity index (χ2n) is 8.80. The molecule has 2 saturated heterocycles. The van der Waals surface area contributed by atoms with E-state index in [0.717, 1.165) is 43.9 Å². The molecule has 0 saturated carbocycles. The van der Waals surface area contributed by atoms with Crippen molar-refractivity contribution in [1.29, 1.82) is 0 Å². The minimum absolute atomic E-state index is 0.0686. The number of piperazine rings is 1. The normalized spacial score (nSPS) is 21.2. The number of carbonyl (C=O) groups excluding carboxylic acids is 1. The molecule has 11 heteroatoms. The molecule has 1 unspecified atom stereocenters. The van der Waals surface area contributed by atoms with Crippen molar-refractivity contribution in [2.75, 3.05) is 61.8 Å². The van der Waals surface area contributed by atoms with Crippen molar-refractivity contribution in [3.05, 3.63) is 41.0 Å². The Balaban J connectivity index is 1.37. The van der Waals surface area contributed by atoms with Gasteiger partial charge in [-0.05, 0) is 23.9 Å². The fourth-order valence-electron chi connectivity index (χ4n) is 4.39. The Bertz CT molecular complexity index is 1100. The Kier molecular flexibility index (Phi) is 7.16. The van der Waals surface area contributed by atoms with Crippen LogP contribution >= 0.6 is 11.6 Å². The van der Waals surface area contributed by atoms with Gasteiger partial charge in [-0.3, -0.25) is 14.0 Å². The smallest absolute Gasteiger partial charge is 0.344 e. The van der Waals surface area contributed by atoms with Gasteiger partial charge < -0.3 is 9.80 Å². The zero-order chi connectivity index (χ0) is 23.6. The lowest BCUT2D eigenvalue weighted by Crippen LogP contribution is -2.49. The fourth-order valence-corrected chi connectivity index (χ4v) is 5.26. The average molecular weight is 497 g/mol. The molecule has 2 aliphatic heterocycles. The molecule has 2 aliphatic rings. The summed E-state index contributed by atoms with van der Waals surface area (Å²) in [5.74, 6) is 3.96. The van der Waals surface area contributed by atoms with Gasteiger partial charge in [0.2, 0.25) is 0 Å². The Labute approximate surface area is 199 Å². The van der Waals surface area contributed by atoms with Crippen LogP contribution in [0.25, 0.3) is 0 Å². The second kappa shape index (κ2) is 9.90. The third-order valence-electron chi connectivity index (χ3n) is 6.03. The first-order chi connectivity index (χ1) is 15.7. The Hall–Kier alpha value is -2.30. The molecule has 1 aromatic heterocycles. The van der Waals surface area contributed by atoms with Crippen molar-refractivity contribution in [2.24, 2.45) is 5.92 Å². The fraction of sp³-hybridized carbons (Fsp3) is 0.500. The van der Waals surface area contributed by atoms with Crippen molar-refractivity contribution < 1.29 is 13.4 Å². The maximum atomic E-state index is 13.1. The van der Waals surface area contributed by atoms with Gasteiger partial charge in [-0.25, -0.2) is 9.00 Å². The summed E-state index contributed by atoms with van der Waals surface area (Å²) in [6.45, 7) is 4.52. The molecule has 3 heterocycles. The highest BCUT2D eigenvalue weighted by Crippen LogP contribution is 2.34. The first-order valence-electron chi connectivity index (χ1n) is 11.0. The summed E-state index contributed by atoms with van der Waals surface area (Å²) in [6.07, 6.45) is 3.87. The van der Waals surface area contributed by atoms with Crippen molar-refractivity contribution >= 4 is 44.7 Å². The van der Waals surface area contributed by atoms with E-state index in [0.29, 0.717) is 30.5 Å². The molecule has 2 fully saturated rings. The minimum atomic E-state index is -2.46. The van der Waals surface area contributed by atoms with E-state index in [4.69, 9.17) is 11.6 Å². The maximum Gasteiger partial charge on any atom is 0.344 e. The highest BCUT2D eigenvalue weighted by Gasteiger charge is 2.28. The average Bonchev–Trinajstić information content (AvgIpc) is 3.42. The number of nitrogens with zero attached hydrogens (tertiary/aromatic N) is 5. The summed E-state index contributed by atoms with van der Waals surface area (Å²) in [5, 5.41) is 4.87. The molecule has 1 aromatic carbocycles. The molecule has 2 aromatic rings. The van der Waals surface area contributed by atoms with Gasteiger partial charge in [-0.2, -0.15) is 4.68 Å². The third-order valence-corrected chi connectivity index (χ3v) is 6.98. The lowest BCUT2D eigenvalue weighted by Gasteiger charge is -2.35. The van der Waals surface area contributed by atoms with Crippen LogP contribution in [-0.2, 0) is 16.3 Å². The summed E-state index contributed by atoms with van der Waals surface area (Å²) in [6, 6.07) is 7.31. The third kappa shape index (κ3) is 5.80. The molecule has 33 heavy (non-hydrogen) atoms. The van der Waals surface area contributed by atoms with Gasteiger partial charge in [-0.1, -0.05) is 23.7 Å². The van der Waals surface area contributed by atoms with E-state index in [1.54, 1.807) is 17.2 Å². The molecule has 1 amide bonds. The number of carbonyl (C=O) groups is 1. The highest BCUT2D eigenvalue weighted by atomic mass is 35.5. The number of alkyl halides is 1. The minimum Gasteiger partial charge on any atom is -0.370 e. The molecule has 0 bridgehead atoms. The van der Waals surface area contributed by atoms with Gasteiger partial charge in [0.05, 0.1) is 17.4 Å². The van der Waals surface area contributed by atoms with Crippen LogP contribution in [-0.4, -0.2) is 87.9 Å². The number of aromatic nitrogens is 2. The predicted molar refractivity (Wildman–Crippen MR) is 132 cm³/mol.